The van der Waals surface area contributed by atoms with Gasteiger partial charge in [0, 0.05) is 18.4 Å². The zero-order valence-electron chi connectivity index (χ0n) is 8.87. The predicted octanol–water partition coefficient (Wildman–Crippen LogP) is 2.09. The molecule has 0 radical (unpaired) electrons. The number of fused-ring (bicyclic) bond motifs is 2. The van der Waals surface area contributed by atoms with E-state index in [4.69, 9.17) is 4.74 Å². The van der Waals surface area contributed by atoms with Crippen molar-refractivity contribution in [2.75, 3.05) is 13.1 Å². The molecule has 1 spiro atoms. The molecular formula is C12H13FN2O. The van der Waals surface area contributed by atoms with E-state index in [2.05, 4.69) is 10.3 Å². The van der Waals surface area contributed by atoms with E-state index in [1.165, 1.54) is 12.5 Å². The number of hydrogen-bond donors (Lipinski definition) is 1. The van der Waals surface area contributed by atoms with Gasteiger partial charge < -0.3 is 10.1 Å². The monoisotopic (exact) mass is 220 g/mol. The Morgan fingerprint density at radius 3 is 2.94 bits per heavy atom. The van der Waals surface area contributed by atoms with Crippen molar-refractivity contribution in [3.63, 3.8) is 0 Å². The fourth-order valence-electron chi connectivity index (χ4n) is 2.45. The quantitative estimate of drug-likeness (QED) is 0.726. The first-order valence-electron chi connectivity index (χ1n) is 5.51. The Hall–Kier alpha value is -1.42. The van der Waals surface area contributed by atoms with Crippen molar-refractivity contribution in [1.29, 1.82) is 0 Å². The summed E-state index contributed by atoms with van der Waals surface area (Å²) in [7, 11) is 0. The lowest BCUT2D eigenvalue weighted by Gasteiger charge is -2.39. The van der Waals surface area contributed by atoms with Gasteiger partial charge in [0.05, 0.1) is 5.69 Å². The Morgan fingerprint density at radius 2 is 2.12 bits per heavy atom. The van der Waals surface area contributed by atoms with Gasteiger partial charge in [-0.2, -0.15) is 0 Å². The van der Waals surface area contributed by atoms with Crippen LogP contribution >= 0.6 is 0 Å². The van der Waals surface area contributed by atoms with Gasteiger partial charge in [-0.25, -0.2) is 9.38 Å². The van der Waals surface area contributed by atoms with Crippen LogP contribution in [0.5, 0.6) is 0 Å². The van der Waals surface area contributed by atoms with Gasteiger partial charge in [0.2, 0.25) is 0 Å². The SMILES string of the molecule is Fc1ccc2c(c1)C1(CCNCC1)OC=N2. The largest absolute Gasteiger partial charge is 0.472 e. The molecule has 0 amide bonds. The zero-order chi connectivity index (χ0) is 11.0. The fourth-order valence-corrected chi connectivity index (χ4v) is 2.45. The smallest absolute Gasteiger partial charge is 0.175 e. The molecule has 4 heteroatoms. The summed E-state index contributed by atoms with van der Waals surface area (Å²) >= 11 is 0. The fraction of sp³-hybridized carbons (Fsp3) is 0.417. The van der Waals surface area contributed by atoms with Gasteiger partial charge in [-0.05, 0) is 31.3 Å². The number of nitrogens with zero attached hydrogens (tertiary/aromatic N) is 1. The molecule has 0 aliphatic carbocycles. The molecule has 3 rings (SSSR count). The van der Waals surface area contributed by atoms with E-state index in [0.29, 0.717) is 0 Å². The molecule has 2 heterocycles. The van der Waals surface area contributed by atoms with Gasteiger partial charge in [-0.15, -0.1) is 0 Å². The molecule has 1 N–H and O–H groups in total. The molecule has 0 saturated carbocycles. The van der Waals surface area contributed by atoms with Crippen LogP contribution in [-0.2, 0) is 10.3 Å². The van der Waals surface area contributed by atoms with Crippen LogP contribution in [0.25, 0.3) is 0 Å². The first-order chi connectivity index (χ1) is 7.80. The number of benzene rings is 1. The minimum Gasteiger partial charge on any atom is -0.472 e. The number of rotatable bonds is 0. The molecule has 0 bridgehead atoms. The molecule has 0 atom stereocenters. The third kappa shape index (κ3) is 1.41. The van der Waals surface area contributed by atoms with Crippen LogP contribution in [0.1, 0.15) is 18.4 Å². The lowest BCUT2D eigenvalue weighted by atomic mass is 9.83. The maximum Gasteiger partial charge on any atom is 0.175 e. The molecule has 2 aliphatic rings. The second-order valence-electron chi connectivity index (χ2n) is 4.26. The maximum atomic E-state index is 13.3. The van der Waals surface area contributed by atoms with Crippen molar-refractivity contribution < 1.29 is 9.13 Å². The maximum absolute atomic E-state index is 13.3. The van der Waals surface area contributed by atoms with Crippen LogP contribution in [0, 0.1) is 5.82 Å². The Balaban J connectivity index is 2.10. The number of hydrogen-bond acceptors (Lipinski definition) is 3. The van der Waals surface area contributed by atoms with Gasteiger partial charge in [0.1, 0.15) is 11.4 Å². The van der Waals surface area contributed by atoms with Crippen LogP contribution < -0.4 is 5.32 Å². The van der Waals surface area contributed by atoms with Crippen molar-refractivity contribution >= 4 is 12.1 Å². The lowest BCUT2D eigenvalue weighted by Crippen LogP contribution is -2.42. The zero-order valence-corrected chi connectivity index (χ0v) is 8.87. The highest BCUT2D eigenvalue weighted by Crippen LogP contribution is 2.42. The van der Waals surface area contributed by atoms with Crippen LogP contribution in [0.15, 0.2) is 23.2 Å². The predicted molar refractivity (Wildman–Crippen MR) is 59.4 cm³/mol. The highest BCUT2D eigenvalue weighted by atomic mass is 19.1. The van der Waals surface area contributed by atoms with Gasteiger partial charge in [0.25, 0.3) is 0 Å². The third-order valence-electron chi connectivity index (χ3n) is 3.33. The Morgan fingerprint density at radius 1 is 1.31 bits per heavy atom. The summed E-state index contributed by atoms with van der Waals surface area (Å²) in [6.07, 6.45) is 3.20. The molecule has 84 valence electrons. The second kappa shape index (κ2) is 3.56. The highest BCUT2D eigenvalue weighted by Gasteiger charge is 2.39. The number of piperidine rings is 1. The van der Waals surface area contributed by atoms with Crippen molar-refractivity contribution in [2.24, 2.45) is 4.99 Å². The molecule has 0 unspecified atom stereocenters. The van der Waals surface area contributed by atoms with Crippen LogP contribution in [0.2, 0.25) is 0 Å². The van der Waals surface area contributed by atoms with Crippen molar-refractivity contribution in [3.8, 4) is 0 Å². The minimum atomic E-state index is -0.371. The van der Waals surface area contributed by atoms with Crippen LogP contribution in [-0.4, -0.2) is 19.5 Å². The summed E-state index contributed by atoms with van der Waals surface area (Å²) in [4.78, 5) is 4.15. The number of aliphatic imine (C=N–C) groups is 1. The molecule has 2 aliphatic heterocycles. The average Bonchev–Trinajstić information content (AvgIpc) is 2.32. The molecule has 0 aromatic heterocycles. The topological polar surface area (TPSA) is 33.6 Å². The van der Waals surface area contributed by atoms with E-state index >= 15 is 0 Å². The van der Waals surface area contributed by atoms with Crippen molar-refractivity contribution in [3.05, 3.63) is 29.6 Å². The summed E-state index contributed by atoms with van der Waals surface area (Å²) in [6.45, 7) is 1.79. The van der Waals surface area contributed by atoms with E-state index < -0.39 is 0 Å². The van der Waals surface area contributed by atoms with E-state index in [0.717, 1.165) is 37.2 Å². The highest BCUT2D eigenvalue weighted by molar-refractivity contribution is 5.64. The standard InChI is InChI=1S/C12H13FN2O/c13-9-1-2-11-10(7-9)12(16-8-15-11)3-5-14-6-4-12/h1-2,7-8,14H,3-6H2. The Kier molecular flexibility index (Phi) is 2.17. The van der Waals surface area contributed by atoms with Gasteiger partial charge in [-0.3, -0.25) is 0 Å². The van der Waals surface area contributed by atoms with Crippen LogP contribution in [0.3, 0.4) is 0 Å². The normalized spacial score (nSPS) is 21.6. The van der Waals surface area contributed by atoms with Gasteiger partial charge >= 0.3 is 0 Å². The second-order valence-corrected chi connectivity index (χ2v) is 4.26. The summed E-state index contributed by atoms with van der Waals surface area (Å²) in [5.41, 5.74) is 1.34. The van der Waals surface area contributed by atoms with Gasteiger partial charge in [0.15, 0.2) is 6.40 Å². The van der Waals surface area contributed by atoms with Crippen molar-refractivity contribution in [1.82, 2.24) is 5.32 Å². The summed E-state index contributed by atoms with van der Waals surface area (Å²) in [5.74, 6) is -0.225. The average molecular weight is 220 g/mol. The summed E-state index contributed by atoms with van der Waals surface area (Å²) in [5, 5.41) is 3.28. The molecule has 16 heavy (non-hydrogen) atoms. The molecule has 1 aromatic carbocycles. The molecule has 1 fully saturated rings. The van der Waals surface area contributed by atoms with Gasteiger partial charge in [-0.1, -0.05) is 0 Å². The molecule has 3 nitrogen and oxygen atoms in total. The summed E-state index contributed by atoms with van der Waals surface area (Å²) < 4.78 is 19.0. The molecule has 1 saturated heterocycles. The Bertz CT molecular complexity index is 439. The van der Waals surface area contributed by atoms with Crippen LogP contribution in [0.4, 0.5) is 10.1 Å². The number of halogens is 1. The van der Waals surface area contributed by atoms with E-state index in [1.807, 2.05) is 0 Å². The number of nitrogens with one attached hydrogen (secondary N) is 1. The molecule has 1 aromatic rings. The first-order valence-corrected chi connectivity index (χ1v) is 5.51. The lowest BCUT2D eigenvalue weighted by molar-refractivity contribution is 0.0247. The van der Waals surface area contributed by atoms with E-state index in [-0.39, 0.29) is 11.4 Å². The molecular weight excluding hydrogens is 207 g/mol. The summed E-state index contributed by atoms with van der Waals surface area (Å²) in [6, 6.07) is 4.71. The first kappa shape index (κ1) is 9.78. The van der Waals surface area contributed by atoms with E-state index in [9.17, 15) is 4.39 Å². The minimum absolute atomic E-state index is 0.225. The van der Waals surface area contributed by atoms with E-state index in [1.54, 1.807) is 12.1 Å². The third-order valence-corrected chi connectivity index (χ3v) is 3.33. The Labute approximate surface area is 93.3 Å². The van der Waals surface area contributed by atoms with Crippen molar-refractivity contribution in [2.45, 2.75) is 18.4 Å². The number of ether oxygens (including phenoxy) is 1.